The average Bonchev–Trinajstić information content (AvgIpc) is 3.01. The summed E-state index contributed by atoms with van der Waals surface area (Å²) in [4.78, 5) is 51.9. The van der Waals surface area contributed by atoms with Gasteiger partial charge in [0.05, 0.1) is 16.1 Å². The molecule has 3 rings (SSSR count). The van der Waals surface area contributed by atoms with E-state index in [1.807, 2.05) is 0 Å². The van der Waals surface area contributed by atoms with Gasteiger partial charge < -0.3 is 16.0 Å². The molecule has 0 aliphatic heterocycles. The molecule has 0 saturated carbocycles. The zero-order valence-corrected chi connectivity index (χ0v) is 27.1. The highest BCUT2D eigenvalue weighted by Gasteiger charge is 2.52. The van der Waals surface area contributed by atoms with Crippen molar-refractivity contribution in [2.24, 2.45) is 5.92 Å². The summed E-state index contributed by atoms with van der Waals surface area (Å²) in [6, 6.07) is 15.8. The molecule has 2 unspecified atom stereocenters. The van der Waals surface area contributed by atoms with Crippen LogP contribution in [0.3, 0.4) is 0 Å². The zero-order valence-electron chi connectivity index (χ0n) is 24.8. The summed E-state index contributed by atoms with van der Waals surface area (Å²) in [5.74, 6) is -12.9. The first-order valence-corrected chi connectivity index (χ1v) is 15.2. The van der Waals surface area contributed by atoms with Gasteiger partial charge in [-0.15, -0.1) is 0 Å². The molecule has 0 fully saturated rings. The number of halogens is 8. The number of rotatable bonds is 13. The number of ketones is 1. The third-order valence-electron chi connectivity index (χ3n) is 7.00. The first-order valence-electron chi connectivity index (χ1n) is 14.0. The predicted molar refractivity (Wildman–Crippen MR) is 167 cm³/mol. The van der Waals surface area contributed by atoms with Gasteiger partial charge in [-0.3, -0.25) is 19.2 Å². The van der Waals surface area contributed by atoms with Crippen LogP contribution in [-0.2, 0) is 19.2 Å². The summed E-state index contributed by atoms with van der Waals surface area (Å²) >= 11 is 18.3. The number of nitrogens with one attached hydrogen (secondary N) is 3. The van der Waals surface area contributed by atoms with E-state index >= 15 is 0 Å². The van der Waals surface area contributed by atoms with E-state index in [0.29, 0.717) is 10.6 Å². The van der Waals surface area contributed by atoms with Crippen molar-refractivity contribution in [3.05, 3.63) is 105 Å². The summed E-state index contributed by atoms with van der Waals surface area (Å²) in [5, 5.41) is 6.53. The van der Waals surface area contributed by atoms with Crippen molar-refractivity contribution in [2.45, 2.75) is 50.4 Å². The van der Waals surface area contributed by atoms with Crippen molar-refractivity contribution < 1.29 is 41.1 Å². The first kappa shape index (κ1) is 37.7. The molecule has 15 heteroatoms. The van der Waals surface area contributed by atoms with Crippen LogP contribution in [0.2, 0.25) is 15.1 Å². The standard InChI is InChI=1S/C32H29Cl3F5N3O4/c1-17(2)26(28(45)32(39,40)30(47)41-16-31(36,37)38)43-29(46)27(19-8-11-21(33)12-9-19)42-25(44)15-22(18-6-4-3-5-7-18)20-10-13-23(34)24(35)14-20/h3-14,17,22,26-27H,15-16H2,1-2H3,(H,41,47)(H,42,44)(H,43,46)/t22?,26-,27?/m0/s1. The molecule has 252 valence electrons. The van der Waals surface area contributed by atoms with Gasteiger partial charge >= 0.3 is 12.1 Å². The molecule has 3 atom stereocenters. The van der Waals surface area contributed by atoms with Gasteiger partial charge in [-0.1, -0.05) is 97.2 Å². The molecule has 0 aromatic heterocycles. The second-order valence-electron chi connectivity index (χ2n) is 10.9. The lowest BCUT2D eigenvalue weighted by molar-refractivity contribution is -0.165. The lowest BCUT2D eigenvalue weighted by Gasteiger charge is -2.28. The van der Waals surface area contributed by atoms with E-state index in [-0.39, 0.29) is 22.0 Å². The molecule has 0 radical (unpaired) electrons. The van der Waals surface area contributed by atoms with Crippen molar-refractivity contribution in [2.75, 3.05) is 6.54 Å². The molecule has 47 heavy (non-hydrogen) atoms. The Balaban J connectivity index is 1.90. The van der Waals surface area contributed by atoms with E-state index in [4.69, 9.17) is 34.8 Å². The van der Waals surface area contributed by atoms with Crippen molar-refractivity contribution in [3.8, 4) is 0 Å². The number of carbonyl (C=O) groups is 4. The second-order valence-corrected chi connectivity index (χ2v) is 12.1. The number of carbonyl (C=O) groups excluding carboxylic acids is 4. The van der Waals surface area contributed by atoms with Crippen LogP contribution in [0.1, 0.15) is 48.9 Å². The third-order valence-corrected chi connectivity index (χ3v) is 7.99. The summed E-state index contributed by atoms with van der Waals surface area (Å²) < 4.78 is 67.0. The summed E-state index contributed by atoms with van der Waals surface area (Å²) in [6.07, 6.45) is -5.23. The van der Waals surface area contributed by atoms with Gasteiger partial charge in [0.15, 0.2) is 0 Å². The smallest absolute Gasteiger partial charge is 0.344 e. The molecule has 3 aromatic carbocycles. The Labute approximate surface area is 282 Å². The van der Waals surface area contributed by atoms with E-state index in [9.17, 15) is 41.1 Å². The third kappa shape index (κ3) is 10.4. The predicted octanol–water partition coefficient (Wildman–Crippen LogP) is 7.05. The minimum Gasteiger partial charge on any atom is -0.344 e. The van der Waals surface area contributed by atoms with E-state index in [1.165, 1.54) is 38.1 Å². The molecule has 0 heterocycles. The largest absolute Gasteiger partial charge is 0.405 e. The normalized spacial score (nSPS) is 13.8. The number of amides is 3. The van der Waals surface area contributed by atoms with Crippen molar-refractivity contribution >= 4 is 58.3 Å². The number of hydrogen-bond acceptors (Lipinski definition) is 4. The Morgan fingerprint density at radius 1 is 0.745 bits per heavy atom. The molecule has 0 bridgehead atoms. The van der Waals surface area contributed by atoms with Gasteiger partial charge in [-0.2, -0.15) is 22.0 Å². The van der Waals surface area contributed by atoms with Crippen molar-refractivity contribution in [1.29, 1.82) is 0 Å². The highest BCUT2D eigenvalue weighted by atomic mass is 35.5. The lowest BCUT2D eigenvalue weighted by Crippen LogP contribution is -2.58. The molecule has 3 aromatic rings. The number of hydrogen-bond donors (Lipinski definition) is 3. The van der Waals surface area contributed by atoms with Crippen molar-refractivity contribution in [1.82, 2.24) is 16.0 Å². The summed E-state index contributed by atoms with van der Waals surface area (Å²) in [6.45, 7) is 0.471. The Morgan fingerprint density at radius 2 is 1.34 bits per heavy atom. The molecule has 7 nitrogen and oxygen atoms in total. The van der Waals surface area contributed by atoms with Gasteiger partial charge in [0.1, 0.15) is 12.6 Å². The molecule has 0 aliphatic carbocycles. The SMILES string of the molecule is CC(C)[C@H](NC(=O)C(NC(=O)CC(c1ccccc1)c1ccc(Cl)c(Cl)c1)c1ccc(Cl)cc1)C(=O)C(F)(F)C(=O)NCC(F)(F)F. The van der Waals surface area contributed by atoms with Gasteiger partial charge in [0.2, 0.25) is 17.6 Å². The minimum absolute atomic E-state index is 0.163. The Hall–Kier alpha value is -3.74. The summed E-state index contributed by atoms with van der Waals surface area (Å²) in [5.41, 5.74) is 1.52. The maximum Gasteiger partial charge on any atom is 0.405 e. The number of benzene rings is 3. The molecule has 0 saturated heterocycles. The number of alkyl halides is 5. The van der Waals surface area contributed by atoms with Gasteiger partial charge in [0, 0.05) is 17.4 Å². The first-order chi connectivity index (χ1) is 21.9. The van der Waals surface area contributed by atoms with E-state index in [0.717, 1.165) is 10.9 Å². The Kier molecular flexibility index (Phi) is 12.8. The maximum absolute atomic E-state index is 14.8. The fourth-order valence-electron chi connectivity index (χ4n) is 4.57. The van der Waals surface area contributed by atoms with E-state index < -0.39 is 66.1 Å². The maximum atomic E-state index is 14.8. The average molecular weight is 721 g/mol. The molecule has 3 amide bonds. The molecular weight excluding hydrogens is 692 g/mol. The Morgan fingerprint density at radius 3 is 1.89 bits per heavy atom. The van der Waals surface area contributed by atoms with Crippen LogP contribution in [0.4, 0.5) is 22.0 Å². The van der Waals surface area contributed by atoms with Crippen LogP contribution in [0, 0.1) is 5.92 Å². The highest BCUT2D eigenvalue weighted by Crippen LogP contribution is 2.33. The fourth-order valence-corrected chi connectivity index (χ4v) is 5.01. The van der Waals surface area contributed by atoms with Gasteiger partial charge in [-0.05, 0) is 46.9 Å². The zero-order chi connectivity index (χ0) is 35.1. The molecular formula is C32H29Cl3F5N3O4. The monoisotopic (exact) mass is 719 g/mol. The molecule has 0 aliphatic rings. The van der Waals surface area contributed by atoms with Crippen LogP contribution >= 0.6 is 34.8 Å². The van der Waals surface area contributed by atoms with Gasteiger partial charge in [0.25, 0.3) is 5.91 Å². The highest BCUT2D eigenvalue weighted by molar-refractivity contribution is 6.42. The minimum atomic E-state index is -5.01. The van der Waals surface area contributed by atoms with Crippen LogP contribution < -0.4 is 16.0 Å². The van der Waals surface area contributed by atoms with Crippen LogP contribution in [0.5, 0.6) is 0 Å². The molecule has 0 spiro atoms. The van der Waals surface area contributed by atoms with Gasteiger partial charge in [-0.25, -0.2) is 0 Å². The van der Waals surface area contributed by atoms with Crippen LogP contribution in [0.15, 0.2) is 72.8 Å². The number of Topliss-reactive ketones (excluding diaryl/α,β-unsaturated/α-hetero) is 1. The lowest BCUT2D eigenvalue weighted by atomic mass is 9.88. The van der Waals surface area contributed by atoms with E-state index in [2.05, 4.69) is 10.6 Å². The van der Waals surface area contributed by atoms with E-state index in [1.54, 1.807) is 48.5 Å². The second kappa shape index (κ2) is 15.9. The van der Waals surface area contributed by atoms with Crippen LogP contribution in [0.25, 0.3) is 0 Å². The summed E-state index contributed by atoms with van der Waals surface area (Å²) in [7, 11) is 0. The molecule has 3 N–H and O–H groups in total. The topological polar surface area (TPSA) is 104 Å². The fraction of sp³-hybridized carbons (Fsp3) is 0.312. The quantitative estimate of drug-likeness (QED) is 0.130. The van der Waals surface area contributed by atoms with Crippen LogP contribution in [-0.4, -0.2) is 48.2 Å². The Bertz CT molecular complexity index is 1590. The van der Waals surface area contributed by atoms with Crippen molar-refractivity contribution in [3.63, 3.8) is 0 Å².